The zero-order valence-corrected chi connectivity index (χ0v) is 18.6. The fourth-order valence-corrected chi connectivity index (χ4v) is 3.56. The zero-order valence-electron chi connectivity index (χ0n) is 18.6. The van der Waals surface area contributed by atoms with Gasteiger partial charge in [-0.1, -0.05) is 12.1 Å². The average Bonchev–Trinajstić information content (AvgIpc) is 3.47. The molecule has 0 saturated carbocycles. The first-order chi connectivity index (χ1) is 17.2. The van der Waals surface area contributed by atoms with E-state index < -0.39 is 23.5 Å². The number of benzene rings is 2. The molecule has 2 aromatic carbocycles. The van der Waals surface area contributed by atoms with E-state index in [1.165, 1.54) is 53.2 Å². The number of nitrogens with zero attached hydrogens (tertiary/aromatic N) is 3. The van der Waals surface area contributed by atoms with E-state index in [1.807, 2.05) is 6.07 Å². The molecule has 0 aliphatic rings. The van der Waals surface area contributed by atoms with Crippen LogP contribution in [0, 0.1) is 17.1 Å². The number of halogens is 4. The quantitative estimate of drug-likeness (QED) is 0.273. The Hall–Kier alpha value is -4.59. The second kappa shape index (κ2) is 9.95. The number of nitrogen functional groups attached to an aromatic ring is 1. The Morgan fingerprint density at radius 2 is 1.89 bits per heavy atom. The number of alkyl halides is 3. The highest BCUT2D eigenvalue weighted by Gasteiger charge is 2.30. The van der Waals surface area contributed by atoms with Crippen LogP contribution in [0.3, 0.4) is 0 Å². The van der Waals surface area contributed by atoms with Gasteiger partial charge in [-0.3, -0.25) is 4.79 Å². The Balaban J connectivity index is 1.37. The number of rotatable bonds is 7. The lowest BCUT2D eigenvalue weighted by atomic mass is 10.1. The Bertz CT molecular complexity index is 1430. The molecule has 1 amide bonds. The molecule has 3 N–H and O–H groups in total. The minimum absolute atomic E-state index is 0.0510. The fourth-order valence-electron chi connectivity index (χ4n) is 3.56. The van der Waals surface area contributed by atoms with Crippen LogP contribution < -0.4 is 11.1 Å². The van der Waals surface area contributed by atoms with Crippen LogP contribution in [0.25, 0.3) is 17.0 Å². The zero-order chi connectivity index (χ0) is 25.9. The predicted octanol–water partition coefficient (Wildman–Crippen LogP) is 5.11. The molecule has 0 aliphatic heterocycles. The van der Waals surface area contributed by atoms with E-state index in [0.29, 0.717) is 24.2 Å². The summed E-state index contributed by atoms with van der Waals surface area (Å²) in [5.74, 6) is -0.748. The number of nitriles is 1. The highest BCUT2D eigenvalue weighted by atomic mass is 19.4. The van der Waals surface area contributed by atoms with Crippen LogP contribution in [0.4, 0.5) is 23.4 Å². The Morgan fingerprint density at radius 1 is 1.14 bits per heavy atom. The number of nitrogens with one attached hydrogen (secondary N) is 1. The fraction of sp³-hybridized carbons (Fsp3) is 0.160. The third-order valence-corrected chi connectivity index (χ3v) is 5.36. The molecule has 0 radical (unpaired) electrons. The normalized spacial score (nSPS) is 11.3. The highest BCUT2D eigenvalue weighted by Crippen LogP contribution is 2.32. The number of hydrogen-bond donors (Lipinski definition) is 2. The van der Waals surface area contributed by atoms with Crippen molar-refractivity contribution in [2.75, 3.05) is 12.3 Å². The molecule has 0 saturated heterocycles. The Kier molecular flexibility index (Phi) is 6.78. The monoisotopic (exact) mass is 497 g/mol. The number of nitrogens with two attached hydrogens (primary N) is 1. The highest BCUT2D eigenvalue weighted by molar-refractivity contribution is 5.92. The molecule has 36 heavy (non-hydrogen) atoms. The summed E-state index contributed by atoms with van der Waals surface area (Å²) < 4.78 is 58.8. The summed E-state index contributed by atoms with van der Waals surface area (Å²) in [6.07, 6.45) is -3.75. The Labute approximate surface area is 202 Å². The van der Waals surface area contributed by atoms with Gasteiger partial charge in [0.25, 0.3) is 5.91 Å². The van der Waals surface area contributed by atoms with Gasteiger partial charge in [0.05, 0.1) is 16.9 Å². The van der Waals surface area contributed by atoms with E-state index in [0.717, 1.165) is 12.1 Å². The first kappa shape index (κ1) is 24.5. The van der Waals surface area contributed by atoms with Gasteiger partial charge in [-0.05, 0) is 61.4 Å². The molecule has 0 fully saturated rings. The molecule has 184 valence electrons. The molecule has 0 unspecified atom stereocenters. The second-order valence-corrected chi connectivity index (χ2v) is 7.81. The van der Waals surface area contributed by atoms with Crippen LogP contribution in [-0.2, 0) is 12.6 Å². The van der Waals surface area contributed by atoms with E-state index in [9.17, 15) is 27.6 Å². The van der Waals surface area contributed by atoms with Crippen molar-refractivity contribution in [3.63, 3.8) is 0 Å². The maximum atomic E-state index is 13.2. The summed E-state index contributed by atoms with van der Waals surface area (Å²) in [4.78, 5) is 12.4. The van der Waals surface area contributed by atoms with Gasteiger partial charge in [0, 0.05) is 12.1 Å². The molecule has 4 aromatic rings. The van der Waals surface area contributed by atoms with Gasteiger partial charge >= 0.3 is 6.18 Å². The van der Waals surface area contributed by atoms with Crippen molar-refractivity contribution < 1.29 is 26.8 Å². The van der Waals surface area contributed by atoms with Crippen molar-refractivity contribution in [3.8, 4) is 23.1 Å². The molecule has 4 rings (SSSR count). The summed E-state index contributed by atoms with van der Waals surface area (Å²) >= 11 is 0. The predicted molar refractivity (Wildman–Crippen MR) is 122 cm³/mol. The van der Waals surface area contributed by atoms with Crippen LogP contribution >= 0.6 is 0 Å². The molecule has 0 spiro atoms. The lowest BCUT2D eigenvalue weighted by Gasteiger charge is -2.07. The number of carbonyl (C=O) groups is 1. The molecule has 0 bridgehead atoms. The molecule has 2 heterocycles. The summed E-state index contributed by atoms with van der Waals surface area (Å²) in [6.45, 7) is 0.215. The van der Waals surface area contributed by atoms with Gasteiger partial charge in [-0.25, -0.2) is 9.07 Å². The topological polar surface area (TPSA) is 110 Å². The number of aromatic nitrogens is 2. The third kappa shape index (κ3) is 5.22. The molecule has 0 aliphatic carbocycles. The summed E-state index contributed by atoms with van der Waals surface area (Å²) in [5, 5.41) is 16.5. The van der Waals surface area contributed by atoms with E-state index in [1.54, 1.807) is 0 Å². The number of aryl methyl sites for hydroxylation is 1. The minimum atomic E-state index is -4.49. The van der Waals surface area contributed by atoms with Crippen LogP contribution in [-0.4, -0.2) is 22.2 Å². The van der Waals surface area contributed by atoms with Crippen LogP contribution in [0.1, 0.15) is 33.8 Å². The van der Waals surface area contributed by atoms with Crippen LogP contribution in [0.2, 0.25) is 0 Å². The molecular weight excluding hydrogens is 478 g/mol. The SMILES string of the molecule is N#Cc1c(CCCNC(=O)c2ccc(-c3cccc(C(F)(F)F)c3)o2)nn(-c2ccc(F)cc2)c1N. The third-order valence-electron chi connectivity index (χ3n) is 5.36. The number of anilines is 1. The van der Waals surface area contributed by atoms with Gasteiger partial charge in [0.15, 0.2) is 5.76 Å². The first-order valence-electron chi connectivity index (χ1n) is 10.8. The Morgan fingerprint density at radius 3 is 2.58 bits per heavy atom. The maximum absolute atomic E-state index is 13.2. The summed E-state index contributed by atoms with van der Waals surface area (Å²) in [7, 11) is 0. The van der Waals surface area contributed by atoms with Gasteiger partial charge in [-0.15, -0.1) is 0 Å². The standard InChI is InChI=1S/C25H19F4N5O2/c26-17-6-8-18(9-7-17)34-23(31)19(14-30)20(33-34)5-2-12-32-24(35)22-11-10-21(36-22)15-3-1-4-16(13-15)25(27,28)29/h1,3-4,6-11,13H,2,5,12,31H2,(H,32,35). The number of hydrogen-bond acceptors (Lipinski definition) is 5. The maximum Gasteiger partial charge on any atom is 0.416 e. The molecule has 7 nitrogen and oxygen atoms in total. The van der Waals surface area contributed by atoms with Crippen molar-refractivity contribution in [2.45, 2.75) is 19.0 Å². The molecule has 0 atom stereocenters. The molecule has 11 heteroatoms. The van der Waals surface area contributed by atoms with Gasteiger partial charge in [0.2, 0.25) is 0 Å². The largest absolute Gasteiger partial charge is 0.451 e. The smallest absolute Gasteiger partial charge is 0.416 e. The van der Waals surface area contributed by atoms with E-state index in [-0.39, 0.29) is 35.0 Å². The molecule has 2 aromatic heterocycles. The van der Waals surface area contributed by atoms with E-state index >= 15 is 0 Å². The first-order valence-corrected chi connectivity index (χ1v) is 10.8. The van der Waals surface area contributed by atoms with E-state index in [4.69, 9.17) is 10.2 Å². The van der Waals surface area contributed by atoms with Crippen molar-refractivity contribution >= 4 is 11.7 Å². The van der Waals surface area contributed by atoms with Crippen LogP contribution in [0.15, 0.2) is 65.1 Å². The van der Waals surface area contributed by atoms with Gasteiger partial charge < -0.3 is 15.5 Å². The lowest BCUT2D eigenvalue weighted by molar-refractivity contribution is -0.137. The van der Waals surface area contributed by atoms with E-state index in [2.05, 4.69) is 10.4 Å². The number of carbonyl (C=O) groups excluding carboxylic acids is 1. The summed E-state index contributed by atoms with van der Waals surface area (Å²) in [5.41, 5.74) is 6.54. The van der Waals surface area contributed by atoms with Gasteiger partial charge in [0.1, 0.15) is 29.0 Å². The summed E-state index contributed by atoms with van der Waals surface area (Å²) in [6, 6.07) is 14.9. The van der Waals surface area contributed by atoms with Crippen molar-refractivity contribution in [3.05, 3.63) is 89.1 Å². The van der Waals surface area contributed by atoms with Gasteiger partial charge in [-0.2, -0.15) is 23.5 Å². The van der Waals surface area contributed by atoms with Crippen LogP contribution in [0.5, 0.6) is 0 Å². The lowest BCUT2D eigenvalue weighted by Crippen LogP contribution is -2.24. The molecular formula is C25H19F4N5O2. The average molecular weight is 497 g/mol. The van der Waals surface area contributed by atoms with Crippen molar-refractivity contribution in [2.24, 2.45) is 0 Å². The van der Waals surface area contributed by atoms with Crippen molar-refractivity contribution in [1.82, 2.24) is 15.1 Å². The van der Waals surface area contributed by atoms with Crippen molar-refractivity contribution in [1.29, 1.82) is 5.26 Å². The minimum Gasteiger partial charge on any atom is -0.451 e. The number of amides is 1. The number of furan rings is 1. The second-order valence-electron chi connectivity index (χ2n) is 7.81.